The number of nitriles is 1. The quantitative estimate of drug-likeness (QED) is 0.624. The number of aliphatic hydroxyl groups is 1. The Morgan fingerprint density at radius 1 is 1.00 bits per heavy atom. The van der Waals surface area contributed by atoms with E-state index in [9.17, 15) is 9.90 Å². The molecule has 0 saturated heterocycles. The van der Waals surface area contributed by atoms with Gasteiger partial charge in [0.25, 0.3) is 5.91 Å². The number of benzene rings is 3. The van der Waals surface area contributed by atoms with Crippen LogP contribution < -0.4 is 10.1 Å². The van der Waals surface area contributed by atoms with Crippen molar-refractivity contribution in [2.75, 3.05) is 5.32 Å². The Morgan fingerprint density at radius 3 is 2.28 bits per heavy atom. The van der Waals surface area contributed by atoms with Gasteiger partial charge in [0.15, 0.2) is 0 Å². The fourth-order valence-corrected chi connectivity index (χ4v) is 2.86. The minimum Gasteiger partial charge on any atom is -0.486 e. The molecule has 0 aliphatic heterocycles. The van der Waals surface area contributed by atoms with Gasteiger partial charge in [0.05, 0.1) is 17.7 Å². The van der Waals surface area contributed by atoms with Crippen LogP contribution in [0.3, 0.4) is 0 Å². The van der Waals surface area contributed by atoms with E-state index >= 15 is 0 Å². The molecule has 1 amide bonds. The molecule has 5 nitrogen and oxygen atoms in total. The summed E-state index contributed by atoms with van der Waals surface area (Å²) in [7, 11) is 0. The van der Waals surface area contributed by atoms with Crippen molar-refractivity contribution >= 4 is 11.6 Å². The Kier molecular flexibility index (Phi) is 6.28. The highest BCUT2D eigenvalue weighted by atomic mass is 16.5. The predicted molar refractivity (Wildman–Crippen MR) is 112 cm³/mol. The van der Waals surface area contributed by atoms with Crippen LogP contribution in [0.15, 0.2) is 72.8 Å². The van der Waals surface area contributed by atoms with E-state index in [0.717, 1.165) is 11.1 Å². The molecule has 3 aromatic rings. The van der Waals surface area contributed by atoms with Crippen molar-refractivity contribution in [2.24, 2.45) is 0 Å². The lowest BCUT2D eigenvalue weighted by Crippen LogP contribution is -2.12. The van der Waals surface area contributed by atoms with Crippen LogP contribution in [-0.4, -0.2) is 11.0 Å². The molecule has 0 aliphatic carbocycles. The van der Waals surface area contributed by atoms with Crippen LogP contribution in [0.2, 0.25) is 0 Å². The molecule has 3 aromatic carbocycles. The van der Waals surface area contributed by atoms with Gasteiger partial charge in [0.1, 0.15) is 11.9 Å². The first-order valence-corrected chi connectivity index (χ1v) is 9.32. The van der Waals surface area contributed by atoms with Gasteiger partial charge in [0, 0.05) is 11.3 Å². The topological polar surface area (TPSA) is 82.3 Å². The summed E-state index contributed by atoms with van der Waals surface area (Å²) in [5.74, 6) is 0.332. The summed E-state index contributed by atoms with van der Waals surface area (Å²) < 4.78 is 5.99. The monoisotopic (exact) mass is 386 g/mol. The van der Waals surface area contributed by atoms with Crippen LogP contribution in [0.25, 0.3) is 0 Å². The number of aliphatic hydroxyl groups excluding tert-OH is 1. The van der Waals surface area contributed by atoms with Crippen molar-refractivity contribution in [3.05, 3.63) is 95.1 Å². The molecule has 2 N–H and O–H groups in total. The zero-order valence-electron chi connectivity index (χ0n) is 16.3. The third-order valence-corrected chi connectivity index (χ3v) is 4.57. The summed E-state index contributed by atoms with van der Waals surface area (Å²) in [6.45, 7) is 3.66. The maximum Gasteiger partial charge on any atom is 0.255 e. The summed E-state index contributed by atoms with van der Waals surface area (Å²) >= 11 is 0. The molecule has 0 heterocycles. The molecule has 2 atom stereocenters. The van der Waals surface area contributed by atoms with Gasteiger partial charge in [-0.3, -0.25) is 4.79 Å². The Labute approximate surface area is 170 Å². The van der Waals surface area contributed by atoms with E-state index in [2.05, 4.69) is 5.32 Å². The van der Waals surface area contributed by atoms with E-state index < -0.39 is 6.10 Å². The van der Waals surface area contributed by atoms with Crippen molar-refractivity contribution in [2.45, 2.75) is 26.1 Å². The maximum absolute atomic E-state index is 12.5. The molecule has 0 spiro atoms. The summed E-state index contributed by atoms with van der Waals surface area (Å²) in [6, 6.07) is 23.3. The molecule has 5 heteroatoms. The fourth-order valence-electron chi connectivity index (χ4n) is 2.86. The number of anilines is 1. The lowest BCUT2D eigenvalue weighted by molar-refractivity contribution is 0.102. The first kappa shape index (κ1) is 20.1. The van der Waals surface area contributed by atoms with E-state index in [1.165, 1.54) is 0 Å². The van der Waals surface area contributed by atoms with Gasteiger partial charge >= 0.3 is 0 Å². The number of nitrogens with zero attached hydrogens (tertiary/aromatic N) is 1. The average Bonchev–Trinajstić information content (AvgIpc) is 2.74. The van der Waals surface area contributed by atoms with Gasteiger partial charge in [-0.25, -0.2) is 0 Å². The number of hydrogen-bond donors (Lipinski definition) is 2. The molecule has 2 unspecified atom stereocenters. The lowest BCUT2D eigenvalue weighted by Gasteiger charge is -2.16. The molecule has 0 radical (unpaired) electrons. The standard InChI is InChI=1S/C24H22N2O3/c1-16(27)19-8-10-20(11-9-19)17(2)29-23-5-3-4-21(14-23)24(28)26-22-12-6-18(15-25)7-13-22/h3-14,16-17,27H,1-2H3,(H,26,28). The fraction of sp³-hybridized carbons (Fsp3) is 0.167. The van der Waals surface area contributed by atoms with E-state index in [1.807, 2.05) is 37.3 Å². The molecular weight excluding hydrogens is 364 g/mol. The number of nitrogens with one attached hydrogen (secondary N) is 1. The zero-order chi connectivity index (χ0) is 20.8. The molecule has 0 aliphatic rings. The molecular formula is C24H22N2O3. The van der Waals surface area contributed by atoms with Gasteiger partial charge in [-0.2, -0.15) is 5.26 Å². The Morgan fingerprint density at radius 2 is 1.66 bits per heavy atom. The molecule has 0 bridgehead atoms. The highest BCUT2D eigenvalue weighted by Gasteiger charge is 2.11. The van der Waals surface area contributed by atoms with E-state index in [1.54, 1.807) is 55.5 Å². The van der Waals surface area contributed by atoms with Crippen molar-refractivity contribution < 1.29 is 14.6 Å². The Bertz CT molecular complexity index is 1020. The summed E-state index contributed by atoms with van der Waals surface area (Å²) in [5.41, 5.74) is 3.45. The largest absolute Gasteiger partial charge is 0.486 e. The maximum atomic E-state index is 12.5. The lowest BCUT2D eigenvalue weighted by atomic mass is 10.1. The third kappa shape index (κ3) is 5.22. The number of amides is 1. The second-order valence-electron chi connectivity index (χ2n) is 6.77. The van der Waals surface area contributed by atoms with Crippen LogP contribution in [0.4, 0.5) is 5.69 Å². The molecule has 0 fully saturated rings. The van der Waals surface area contributed by atoms with Crippen LogP contribution >= 0.6 is 0 Å². The Hall–Kier alpha value is -3.62. The van der Waals surface area contributed by atoms with Crippen LogP contribution in [0.5, 0.6) is 5.75 Å². The van der Waals surface area contributed by atoms with Crippen molar-refractivity contribution in [3.63, 3.8) is 0 Å². The molecule has 0 aromatic heterocycles. The van der Waals surface area contributed by atoms with E-state index in [0.29, 0.717) is 22.6 Å². The number of carbonyl (C=O) groups is 1. The molecule has 3 rings (SSSR count). The average molecular weight is 386 g/mol. The predicted octanol–water partition coefficient (Wildman–Crippen LogP) is 5.00. The summed E-state index contributed by atoms with van der Waals surface area (Å²) in [4.78, 5) is 12.5. The van der Waals surface area contributed by atoms with Gasteiger partial charge in [-0.15, -0.1) is 0 Å². The second kappa shape index (κ2) is 9.05. The summed E-state index contributed by atoms with van der Waals surface area (Å²) in [6.07, 6.45) is -0.721. The zero-order valence-corrected chi connectivity index (χ0v) is 16.3. The van der Waals surface area contributed by atoms with Crippen molar-refractivity contribution in [1.29, 1.82) is 5.26 Å². The van der Waals surface area contributed by atoms with Gasteiger partial charge in [-0.05, 0) is 67.4 Å². The van der Waals surface area contributed by atoms with Crippen LogP contribution in [-0.2, 0) is 0 Å². The number of hydrogen-bond acceptors (Lipinski definition) is 4. The second-order valence-corrected chi connectivity index (χ2v) is 6.77. The van der Waals surface area contributed by atoms with Crippen LogP contribution in [0.1, 0.15) is 53.1 Å². The van der Waals surface area contributed by atoms with Gasteiger partial charge < -0.3 is 15.2 Å². The van der Waals surface area contributed by atoms with Crippen molar-refractivity contribution in [1.82, 2.24) is 0 Å². The van der Waals surface area contributed by atoms with Gasteiger partial charge in [0.2, 0.25) is 0 Å². The SMILES string of the molecule is CC(O)c1ccc(C(C)Oc2cccc(C(=O)Nc3ccc(C#N)cc3)c2)cc1. The molecule has 0 saturated carbocycles. The highest BCUT2D eigenvalue weighted by molar-refractivity contribution is 6.04. The Balaban J connectivity index is 1.68. The minimum absolute atomic E-state index is 0.213. The highest BCUT2D eigenvalue weighted by Crippen LogP contribution is 2.24. The smallest absolute Gasteiger partial charge is 0.255 e. The summed E-state index contributed by atoms with van der Waals surface area (Å²) in [5, 5.41) is 21.3. The van der Waals surface area contributed by atoms with E-state index in [-0.39, 0.29) is 12.0 Å². The number of rotatable bonds is 6. The molecule has 146 valence electrons. The first-order chi connectivity index (χ1) is 14.0. The third-order valence-electron chi connectivity index (χ3n) is 4.57. The van der Waals surface area contributed by atoms with E-state index in [4.69, 9.17) is 10.00 Å². The number of ether oxygens (including phenoxy) is 1. The minimum atomic E-state index is -0.508. The van der Waals surface area contributed by atoms with Gasteiger partial charge in [-0.1, -0.05) is 30.3 Å². The first-order valence-electron chi connectivity index (χ1n) is 9.32. The normalized spacial score (nSPS) is 12.5. The molecule has 29 heavy (non-hydrogen) atoms. The van der Waals surface area contributed by atoms with Crippen molar-refractivity contribution in [3.8, 4) is 11.8 Å². The van der Waals surface area contributed by atoms with Crippen LogP contribution in [0, 0.1) is 11.3 Å². The number of carbonyl (C=O) groups excluding carboxylic acids is 1.